The zero-order valence-electron chi connectivity index (χ0n) is 10.9. The third-order valence-corrected chi connectivity index (χ3v) is 4.54. The van der Waals surface area contributed by atoms with Crippen LogP contribution in [0.4, 0.5) is 0 Å². The molecule has 1 aromatic carbocycles. The molecule has 7 heteroatoms. The molecule has 0 saturated heterocycles. The van der Waals surface area contributed by atoms with Crippen molar-refractivity contribution in [2.75, 3.05) is 13.7 Å². The second kappa shape index (κ2) is 7.06. The van der Waals surface area contributed by atoms with E-state index in [1.54, 1.807) is 30.3 Å². The van der Waals surface area contributed by atoms with Gasteiger partial charge in [0.15, 0.2) is 6.61 Å². The van der Waals surface area contributed by atoms with Crippen molar-refractivity contribution in [2.45, 2.75) is 0 Å². The van der Waals surface area contributed by atoms with Crippen LogP contribution in [-0.4, -0.2) is 25.5 Å². The third-order valence-electron chi connectivity index (χ3n) is 2.58. The second-order valence-corrected chi connectivity index (χ2v) is 6.52. The summed E-state index contributed by atoms with van der Waals surface area (Å²) in [4.78, 5) is 24.3. The van der Waals surface area contributed by atoms with Gasteiger partial charge in [-0.1, -0.05) is 11.6 Å². The van der Waals surface area contributed by atoms with Crippen LogP contribution in [0.25, 0.3) is 0 Å². The average molecular weight is 390 g/mol. The molecule has 21 heavy (non-hydrogen) atoms. The van der Waals surface area contributed by atoms with Crippen molar-refractivity contribution in [1.29, 1.82) is 0 Å². The molecular weight excluding hydrogens is 380 g/mol. The smallest absolute Gasteiger partial charge is 0.339 e. The summed E-state index contributed by atoms with van der Waals surface area (Å²) in [7, 11) is 1.50. The number of esters is 1. The Morgan fingerprint density at radius 2 is 2.05 bits per heavy atom. The predicted octanol–water partition coefficient (Wildman–Crippen LogP) is 4.21. The Kier molecular flexibility index (Phi) is 5.39. The van der Waals surface area contributed by atoms with Crippen LogP contribution in [0.5, 0.6) is 5.75 Å². The predicted molar refractivity (Wildman–Crippen MR) is 84.6 cm³/mol. The number of carbonyl (C=O) groups excluding carboxylic acids is 2. The van der Waals surface area contributed by atoms with Crippen LogP contribution in [0.15, 0.2) is 34.8 Å². The Hall–Kier alpha value is -1.37. The number of halogens is 2. The van der Waals surface area contributed by atoms with Gasteiger partial charge in [0.05, 0.1) is 21.9 Å². The van der Waals surface area contributed by atoms with Gasteiger partial charge in [0.2, 0.25) is 5.78 Å². The molecule has 0 aliphatic heterocycles. The van der Waals surface area contributed by atoms with E-state index in [1.807, 2.05) is 0 Å². The first kappa shape index (κ1) is 16.0. The minimum absolute atomic E-state index is 0.292. The van der Waals surface area contributed by atoms with E-state index in [0.29, 0.717) is 25.0 Å². The fourth-order valence-electron chi connectivity index (χ4n) is 1.53. The molecule has 0 N–H and O–H groups in total. The standard InChI is InChI=1S/C14H10BrClO4S/c1-19-8-2-3-10(15)9(6-8)14(18)20-7-11(17)12-4-5-13(16)21-12/h2-6H,7H2,1H3. The zero-order chi connectivity index (χ0) is 15.4. The SMILES string of the molecule is COc1ccc(Br)c(C(=O)OCC(=O)c2ccc(Cl)s2)c1. The molecular formula is C14H10BrClO4S. The highest BCUT2D eigenvalue weighted by Gasteiger charge is 2.16. The topological polar surface area (TPSA) is 52.6 Å². The molecule has 0 aliphatic carbocycles. The number of ketones is 1. The summed E-state index contributed by atoms with van der Waals surface area (Å²) >= 11 is 10.2. The molecule has 0 spiro atoms. The minimum atomic E-state index is -0.600. The Morgan fingerprint density at radius 3 is 2.67 bits per heavy atom. The largest absolute Gasteiger partial charge is 0.497 e. The van der Waals surface area contributed by atoms with E-state index in [0.717, 1.165) is 11.3 Å². The lowest BCUT2D eigenvalue weighted by Crippen LogP contribution is -2.14. The van der Waals surface area contributed by atoms with Crippen LogP contribution < -0.4 is 4.74 Å². The van der Waals surface area contributed by atoms with Crippen molar-refractivity contribution in [3.8, 4) is 5.75 Å². The Bertz CT molecular complexity index is 683. The van der Waals surface area contributed by atoms with E-state index in [2.05, 4.69) is 15.9 Å². The van der Waals surface area contributed by atoms with Gasteiger partial charge in [-0.25, -0.2) is 4.79 Å². The first-order valence-electron chi connectivity index (χ1n) is 5.80. The van der Waals surface area contributed by atoms with Gasteiger partial charge in [0.1, 0.15) is 5.75 Å². The van der Waals surface area contributed by atoms with E-state index in [-0.39, 0.29) is 12.4 Å². The number of Topliss-reactive ketones (excluding diaryl/α,β-unsaturated/α-hetero) is 1. The first-order chi connectivity index (χ1) is 10.0. The van der Waals surface area contributed by atoms with Crippen molar-refractivity contribution in [2.24, 2.45) is 0 Å². The number of hydrogen-bond acceptors (Lipinski definition) is 5. The van der Waals surface area contributed by atoms with Crippen molar-refractivity contribution in [1.82, 2.24) is 0 Å². The number of thiophene rings is 1. The van der Waals surface area contributed by atoms with Gasteiger partial charge < -0.3 is 9.47 Å². The lowest BCUT2D eigenvalue weighted by Gasteiger charge is -2.07. The van der Waals surface area contributed by atoms with Gasteiger partial charge in [0, 0.05) is 4.47 Å². The molecule has 0 radical (unpaired) electrons. The highest BCUT2D eigenvalue weighted by atomic mass is 79.9. The summed E-state index contributed by atoms with van der Waals surface area (Å²) in [5.74, 6) is -0.363. The number of benzene rings is 1. The maximum absolute atomic E-state index is 12.0. The van der Waals surface area contributed by atoms with E-state index in [1.165, 1.54) is 7.11 Å². The molecule has 2 rings (SSSR count). The van der Waals surface area contributed by atoms with Crippen LogP contribution >= 0.6 is 38.9 Å². The maximum atomic E-state index is 12.0. The van der Waals surface area contributed by atoms with Crippen molar-refractivity contribution < 1.29 is 19.1 Å². The lowest BCUT2D eigenvalue weighted by molar-refractivity contribution is 0.0474. The molecule has 2 aromatic rings. The van der Waals surface area contributed by atoms with Crippen LogP contribution in [0, 0.1) is 0 Å². The summed E-state index contributed by atoms with van der Waals surface area (Å²) in [6.45, 7) is -0.334. The molecule has 1 heterocycles. The molecule has 110 valence electrons. The van der Waals surface area contributed by atoms with Gasteiger partial charge in [-0.05, 0) is 46.3 Å². The fraction of sp³-hybridized carbons (Fsp3) is 0.143. The first-order valence-corrected chi connectivity index (χ1v) is 7.79. The molecule has 0 bridgehead atoms. The van der Waals surface area contributed by atoms with Crippen molar-refractivity contribution >= 4 is 50.6 Å². The summed E-state index contributed by atoms with van der Waals surface area (Å²) in [6.07, 6.45) is 0. The molecule has 0 aliphatic rings. The van der Waals surface area contributed by atoms with Gasteiger partial charge in [0.25, 0.3) is 0 Å². The zero-order valence-corrected chi connectivity index (χ0v) is 14.0. The van der Waals surface area contributed by atoms with Crippen LogP contribution in [0.1, 0.15) is 20.0 Å². The summed E-state index contributed by atoms with van der Waals surface area (Å²) < 4.78 is 11.2. The molecule has 0 unspecified atom stereocenters. The number of methoxy groups -OCH3 is 1. The molecule has 0 atom stereocenters. The molecule has 0 fully saturated rings. The molecule has 0 saturated carbocycles. The van der Waals surface area contributed by atoms with Crippen LogP contribution in [0.3, 0.4) is 0 Å². The Morgan fingerprint density at radius 1 is 1.29 bits per heavy atom. The normalized spacial score (nSPS) is 10.2. The number of rotatable bonds is 5. The minimum Gasteiger partial charge on any atom is -0.497 e. The van der Waals surface area contributed by atoms with Gasteiger partial charge in [-0.2, -0.15) is 0 Å². The highest BCUT2D eigenvalue weighted by Crippen LogP contribution is 2.24. The van der Waals surface area contributed by atoms with Crippen molar-refractivity contribution in [3.63, 3.8) is 0 Å². The molecule has 0 amide bonds. The third kappa shape index (κ3) is 4.06. The van der Waals surface area contributed by atoms with E-state index >= 15 is 0 Å². The number of hydrogen-bond donors (Lipinski definition) is 0. The Balaban J connectivity index is 2.03. The van der Waals surface area contributed by atoms with E-state index in [9.17, 15) is 9.59 Å². The molecule has 1 aromatic heterocycles. The average Bonchev–Trinajstić information content (AvgIpc) is 2.91. The van der Waals surface area contributed by atoms with Crippen LogP contribution in [0.2, 0.25) is 4.34 Å². The van der Waals surface area contributed by atoms with E-state index < -0.39 is 5.97 Å². The quantitative estimate of drug-likeness (QED) is 0.568. The second-order valence-electron chi connectivity index (χ2n) is 3.95. The van der Waals surface area contributed by atoms with Crippen LogP contribution in [-0.2, 0) is 4.74 Å². The highest BCUT2D eigenvalue weighted by molar-refractivity contribution is 9.10. The lowest BCUT2D eigenvalue weighted by atomic mass is 10.2. The van der Waals surface area contributed by atoms with Gasteiger partial charge in [-0.3, -0.25) is 4.79 Å². The monoisotopic (exact) mass is 388 g/mol. The van der Waals surface area contributed by atoms with Gasteiger partial charge >= 0.3 is 5.97 Å². The fourth-order valence-corrected chi connectivity index (χ4v) is 2.91. The van der Waals surface area contributed by atoms with Crippen molar-refractivity contribution in [3.05, 3.63) is 49.6 Å². The summed E-state index contributed by atoms with van der Waals surface area (Å²) in [5, 5.41) is 0. The molecule has 4 nitrogen and oxygen atoms in total. The maximum Gasteiger partial charge on any atom is 0.339 e. The number of carbonyl (C=O) groups is 2. The Labute approximate surface area is 138 Å². The van der Waals surface area contributed by atoms with E-state index in [4.69, 9.17) is 21.1 Å². The number of ether oxygens (including phenoxy) is 2. The van der Waals surface area contributed by atoms with Gasteiger partial charge in [-0.15, -0.1) is 11.3 Å². The summed E-state index contributed by atoms with van der Waals surface area (Å²) in [5.41, 5.74) is 0.298. The summed E-state index contributed by atoms with van der Waals surface area (Å²) in [6, 6.07) is 8.15.